The minimum Gasteiger partial charge on any atom is -0.505 e. The second kappa shape index (κ2) is 4.07. The Bertz CT molecular complexity index is 491. The third kappa shape index (κ3) is 2.67. The van der Waals surface area contributed by atoms with Crippen LogP contribution in [0.25, 0.3) is 0 Å². The Hall–Kier alpha value is -0.660. The zero-order valence-electron chi connectivity index (χ0n) is 6.79. The first-order chi connectivity index (χ1) is 6.73. The van der Waals surface area contributed by atoms with Crippen LogP contribution in [0.5, 0.6) is 5.75 Å². The van der Waals surface area contributed by atoms with Gasteiger partial charge in [-0.1, -0.05) is 11.6 Å². The monoisotopic (exact) mass is 277 g/mol. The number of hydrogen-bond donors (Lipinski definition) is 1. The van der Waals surface area contributed by atoms with Gasteiger partial charge >= 0.3 is 0 Å². The van der Waals surface area contributed by atoms with Crippen molar-refractivity contribution in [2.24, 2.45) is 0 Å². The van der Waals surface area contributed by atoms with Crippen LogP contribution in [0, 0.1) is 0 Å². The van der Waals surface area contributed by atoms with Gasteiger partial charge in [0, 0.05) is 16.7 Å². The lowest BCUT2D eigenvalue weighted by Gasteiger charge is -2.05. The lowest BCUT2D eigenvalue weighted by molar-refractivity contribution is 0.145. The van der Waals surface area contributed by atoms with E-state index >= 15 is 0 Å². The Morgan fingerprint density at radius 2 is 2.00 bits per heavy atom. The molecule has 0 saturated heterocycles. The van der Waals surface area contributed by atoms with Crippen molar-refractivity contribution in [3.8, 4) is 5.75 Å². The predicted molar refractivity (Wildman–Crippen MR) is 48.9 cm³/mol. The van der Waals surface area contributed by atoms with Gasteiger partial charge < -0.3 is 5.11 Å². The molecule has 84 valence electrons. The van der Waals surface area contributed by atoms with E-state index in [1.165, 1.54) is 0 Å². The molecule has 0 amide bonds. The predicted octanol–water partition coefficient (Wildman–Crippen LogP) is 2.31. The average Bonchev–Trinajstić information content (AvgIpc) is 2.00. The summed E-state index contributed by atoms with van der Waals surface area (Å²) in [5.41, 5.74) is -0.950. The number of pyridine rings is 1. The molecule has 0 fully saturated rings. The van der Waals surface area contributed by atoms with E-state index in [0.717, 1.165) is 0 Å². The van der Waals surface area contributed by atoms with Crippen molar-refractivity contribution in [1.82, 2.24) is 4.98 Å². The average molecular weight is 278 g/mol. The van der Waals surface area contributed by atoms with Gasteiger partial charge in [-0.15, -0.1) is 0 Å². The molecule has 4 nitrogen and oxygen atoms in total. The van der Waals surface area contributed by atoms with E-state index in [4.69, 9.17) is 27.4 Å². The maximum atomic E-state index is 12.3. The molecule has 0 aliphatic rings. The smallest absolute Gasteiger partial charge is 0.282 e. The second-order valence-corrected chi connectivity index (χ2v) is 5.31. The number of halogens is 4. The number of aromatic hydroxyl groups is 1. The number of hydrogen-bond acceptors (Lipinski definition) is 4. The van der Waals surface area contributed by atoms with Crippen LogP contribution >= 0.6 is 22.3 Å². The molecule has 9 heteroatoms. The third-order valence-electron chi connectivity index (χ3n) is 1.39. The fourth-order valence-corrected chi connectivity index (χ4v) is 1.89. The van der Waals surface area contributed by atoms with Gasteiger partial charge in [0.25, 0.3) is 15.5 Å². The normalized spacial score (nSPS) is 12.1. The molecule has 15 heavy (non-hydrogen) atoms. The number of aromatic nitrogens is 1. The highest BCUT2D eigenvalue weighted by Gasteiger charge is 2.24. The summed E-state index contributed by atoms with van der Waals surface area (Å²) in [5.74, 6) is -0.876. The van der Waals surface area contributed by atoms with Gasteiger partial charge in [0.1, 0.15) is 5.69 Å². The first kappa shape index (κ1) is 12.4. The van der Waals surface area contributed by atoms with Crippen LogP contribution in [0.2, 0.25) is 5.02 Å². The topological polar surface area (TPSA) is 67.3 Å². The van der Waals surface area contributed by atoms with Gasteiger partial charge in [-0.3, -0.25) is 0 Å². The summed E-state index contributed by atoms with van der Waals surface area (Å²) in [6, 6.07) is 0.644. The largest absolute Gasteiger partial charge is 0.505 e. The Morgan fingerprint density at radius 1 is 1.47 bits per heavy atom. The summed E-state index contributed by atoms with van der Waals surface area (Å²) in [4.78, 5) is 2.99. The van der Waals surface area contributed by atoms with Crippen molar-refractivity contribution >= 4 is 31.3 Å². The Balaban J connectivity index is 3.50. The molecule has 0 aliphatic carbocycles. The lowest BCUT2D eigenvalue weighted by atomic mass is 10.3. The highest BCUT2D eigenvalue weighted by molar-refractivity contribution is 8.13. The zero-order valence-corrected chi connectivity index (χ0v) is 9.11. The number of alkyl halides is 2. The molecule has 0 saturated carbocycles. The van der Waals surface area contributed by atoms with Crippen LogP contribution in [0.3, 0.4) is 0 Å². The molecule has 0 unspecified atom stereocenters. The van der Waals surface area contributed by atoms with E-state index in [9.17, 15) is 17.2 Å². The van der Waals surface area contributed by atoms with Gasteiger partial charge in [-0.05, 0) is 0 Å². The summed E-state index contributed by atoms with van der Waals surface area (Å²) in [6.07, 6.45) is -3.06. The highest BCUT2D eigenvalue weighted by atomic mass is 35.7. The SMILES string of the molecule is O=S(=O)(Cl)c1nc(C(F)F)c(Cl)cc1O. The maximum Gasteiger partial charge on any atom is 0.282 e. The van der Waals surface area contributed by atoms with Crippen molar-refractivity contribution in [3.63, 3.8) is 0 Å². The lowest BCUT2D eigenvalue weighted by Crippen LogP contribution is -2.01. The Labute approximate surface area is 92.9 Å². The van der Waals surface area contributed by atoms with Crippen molar-refractivity contribution in [2.75, 3.05) is 0 Å². The van der Waals surface area contributed by atoms with Crippen molar-refractivity contribution < 1.29 is 22.3 Å². The van der Waals surface area contributed by atoms with Crippen molar-refractivity contribution in [1.29, 1.82) is 0 Å². The molecule has 1 rings (SSSR count). The fraction of sp³-hybridized carbons (Fsp3) is 0.167. The Morgan fingerprint density at radius 3 is 2.40 bits per heavy atom. The Kier molecular flexibility index (Phi) is 3.37. The van der Waals surface area contributed by atoms with E-state index < -0.39 is 37.0 Å². The van der Waals surface area contributed by atoms with Gasteiger partial charge in [0.15, 0.2) is 5.75 Å². The van der Waals surface area contributed by atoms with Gasteiger partial charge in [0.2, 0.25) is 5.03 Å². The molecular weight excluding hydrogens is 275 g/mol. The van der Waals surface area contributed by atoms with E-state index in [2.05, 4.69) is 4.98 Å². The number of rotatable bonds is 2. The minimum absolute atomic E-state index is 0.536. The van der Waals surface area contributed by atoms with Crippen LogP contribution in [-0.4, -0.2) is 18.5 Å². The van der Waals surface area contributed by atoms with E-state index in [1.54, 1.807) is 0 Å². The molecule has 0 atom stereocenters. The van der Waals surface area contributed by atoms with Gasteiger partial charge in [0.05, 0.1) is 5.02 Å². The number of nitrogens with zero attached hydrogens (tertiary/aromatic N) is 1. The summed E-state index contributed by atoms with van der Waals surface area (Å²) in [6.45, 7) is 0. The minimum atomic E-state index is -4.39. The molecule has 1 N–H and O–H groups in total. The zero-order chi connectivity index (χ0) is 11.8. The molecule has 0 spiro atoms. The first-order valence-corrected chi connectivity index (χ1v) is 6.04. The standard InChI is InChI=1S/C6H3Cl2F2NO3S/c7-2-1-3(12)6(15(8,13)14)11-4(2)5(9)10/h1,5,12H. The van der Waals surface area contributed by atoms with Gasteiger partial charge in [-0.25, -0.2) is 22.2 Å². The summed E-state index contributed by atoms with van der Waals surface area (Å²) in [7, 11) is 0.467. The maximum absolute atomic E-state index is 12.3. The molecule has 0 radical (unpaired) electrons. The van der Waals surface area contributed by atoms with Crippen LogP contribution in [0.4, 0.5) is 8.78 Å². The molecule has 0 aromatic carbocycles. The van der Waals surface area contributed by atoms with Crippen molar-refractivity contribution in [3.05, 3.63) is 16.8 Å². The first-order valence-electron chi connectivity index (χ1n) is 3.35. The quantitative estimate of drug-likeness (QED) is 0.843. The summed E-state index contributed by atoms with van der Waals surface area (Å²) >= 11 is 5.31. The molecular formula is C6H3Cl2F2NO3S. The van der Waals surface area contributed by atoms with Crippen LogP contribution < -0.4 is 0 Å². The fourth-order valence-electron chi connectivity index (χ4n) is 0.808. The molecule has 0 aliphatic heterocycles. The van der Waals surface area contributed by atoms with E-state index in [-0.39, 0.29) is 0 Å². The third-order valence-corrected chi connectivity index (χ3v) is 2.89. The van der Waals surface area contributed by atoms with Crippen LogP contribution in [0.15, 0.2) is 11.1 Å². The van der Waals surface area contributed by atoms with E-state index in [1.807, 2.05) is 0 Å². The highest BCUT2D eigenvalue weighted by Crippen LogP contribution is 2.32. The summed E-state index contributed by atoms with van der Waals surface area (Å²) in [5, 5.41) is 7.50. The van der Waals surface area contributed by atoms with Crippen LogP contribution in [0.1, 0.15) is 12.1 Å². The van der Waals surface area contributed by atoms with Crippen molar-refractivity contribution in [2.45, 2.75) is 11.5 Å². The molecule has 0 bridgehead atoms. The molecule has 1 aromatic rings. The van der Waals surface area contributed by atoms with E-state index in [0.29, 0.717) is 6.07 Å². The van der Waals surface area contributed by atoms with Crippen LogP contribution in [-0.2, 0) is 9.05 Å². The second-order valence-electron chi connectivity index (χ2n) is 2.42. The summed E-state index contributed by atoms with van der Waals surface area (Å²) < 4.78 is 46.1. The molecule has 1 aromatic heterocycles. The van der Waals surface area contributed by atoms with Gasteiger partial charge in [-0.2, -0.15) is 0 Å². The molecule has 1 heterocycles.